The molecule has 0 radical (unpaired) electrons. The number of ether oxygens (including phenoxy) is 4. The minimum absolute atomic E-state index is 0.0702. The van der Waals surface area contributed by atoms with Crippen molar-refractivity contribution >= 4 is 34.8 Å². The number of methoxy groups -OCH3 is 1. The number of pyridine rings is 1. The molecule has 0 bridgehead atoms. The van der Waals surface area contributed by atoms with Gasteiger partial charge in [-0.1, -0.05) is 25.0 Å². The lowest BCUT2D eigenvalue weighted by atomic mass is 9.82. The normalized spacial score (nSPS) is 30.5. The van der Waals surface area contributed by atoms with Gasteiger partial charge in [-0.05, 0) is 64.7 Å². The topological polar surface area (TPSA) is 169 Å². The van der Waals surface area contributed by atoms with Crippen molar-refractivity contribution in [1.82, 2.24) is 25.4 Å². The van der Waals surface area contributed by atoms with Crippen LogP contribution in [0.4, 0.5) is 18.0 Å². The summed E-state index contributed by atoms with van der Waals surface area (Å²) in [7, 11) is 1.46. The number of nitrogens with zero attached hydrogens (tertiary/aromatic N) is 3. The zero-order valence-electron chi connectivity index (χ0n) is 32.6. The molecule has 2 unspecified atom stereocenters. The van der Waals surface area contributed by atoms with Crippen LogP contribution in [-0.4, -0.2) is 113 Å². The van der Waals surface area contributed by atoms with Gasteiger partial charge in [-0.3, -0.25) is 14.5 Å². The molecule has 5 heterocycles. The predicted octanol–water partition coefficient (Wildman–Crippen LogP) is 5.13. The maximum atomic E-state index is 15.1. The summed E-state index contributed by atoms with van der Waals surface area (Å²) in [6.45, 7) is 6.15. The Morgan fingerprint density at radius 2 is 1.79 bits per heavy atom. The van der Waals surface area contributed by atoms with E-state index < -0.39 is 82.3 Å². The van der Waals surface area contributed by atoms with Gasteiger partial charge in [0.15, 0.2) is 11.4 Å². The van der Waals surface area contributed by atoms with Gasteiger partial charge in [0, 0.05) is 48.8 Å². The van der Waals surface area contributed by atoms with Gasteiger partial charge >= 0.3 is 18.2 Å². The molecule has 1 aliphatic carbocycles. The molecular weight excluding hydrogens is 751 g/mol. The van der Waals surface area contributed by atoms with Crippen LogP contribution in [0.2, 0.25) is 0 Å². The van der Waals surface area contributed by atoms with E-state index in [9.17, 15) is 24.3 Å². The van der Waals surface area contributed by atoms with Gasteiger partial charge in [0.2, 0.25) is 11.8 Å². The number of morpholine rings is 1. The Bertz CT molecular complexity index is 1950. The molecule has 310 valence electrons. The number of amides is 3. The molecule has 3 amide bonds. The van der Waals surface area contributed by atoms with E-state index in [0.717, 1.165) is 6.42 Å². The van der Waals surface area contributed by atoms with E-state index in [4.69, 9.17) is 18.9 Å². The quantitative estimate of drug-likeness (QED) is 0.351. The first-order chi connectivity index (χ1) is 26.9. The largest absolute Gasteiger partial charge is 0.497 e. The smallest absolute Gasteiger partial charge is 0.437 e. The Morgan fingerprint density at radius 3 is 2.47 bits per heavy atom. The summed E-state index contributed by atoms with van der Waals surface area (Å²) in [4.78, 5) is 62.4. The van der Waals surface area contributed by atoms with Crippen molar-refractivity contribution in [2.45, 2.75) is 113 Å². The van der Waals surface area contributed by atoms with Crippen LogP contribution >= 0.6 is 0 Å². The number of alkyl halides is 3. The van der Waals surface area contributed by atoms with Crippen molar-refractivity contribution in [3.05, 3.63) is 41.6 Å². The third-order valence-corrected chi connectivity index (χ3v) is 11.6. The number of carbonyl (C=O) groups excluding carboxylic acids is 3. The Hall–Kier alpha value is -4.64. The summed E-state index contributed by atoms with van der Waals surface area (Å²) in [6, 6.07) is 1.41. The van der Waals surface area contributed by atoms with Gasteiger partial charge in [-0.15, -0.1) is 0 Å². The van der Waals surface area contributed by atoms with Crippen LogP contribution in [0.15, 0.2) is 30.4 Å². The number of alkyl carbamates (subject to hydrolysis) is 1. The fourth-order valence-corrected chi connectivity index (χ4v) is 8.77. The Kier molecular flexibility index (Phi) is 10.9. The number of rotatable bonds is 4. The molecule has 4 aliphatic heterocycles. The third kappa shape index (κ3) is 8.22. The fraction of sp³-hybridized carbons (Fsp3) is 0.625. The summed E-state index contributed by atoms with van der Waals surface area (Å²) >= 11 is 0. The number of aromatic nitrogens is 1. The summed E-state index contributed by atoms with van der Waals surface area (Å²) in [5.74, 6) is -3.25. The number of hydrogen-bond acceptors (Lipinski definition) is 10. The van der Waals surface area contributed by atoms with Crippen molar-refractivity contribution in [2.75, 3.05) is 40.0 Å². The van der Waals surface area contributed by atoms with Crippen LogP contribution in [0.3, 0.4) is 0 Å². The molecule has 17 heteroatoms. The zero-order valence-corrected chi connectivity index (χ0v) is 32.6. The number of carbonyl (C=O) groups is 4. The lowest BCUT2D eigenvalue weighted by molar-refractivity contribution is -0.146. The standard InChI is InChI=1S/C40H50F3N5O9/c1-37(2,3)57-36(53)45-27-11-9-7-5-6-8-10-23-19-39(23,35(51)52)46-33(49)29-21-38(22-48(29)34(27)50)20-28(47-14-16-55-17-15-47)30-25-18-24(54-4)12-13-26(25)44-32(31(30)56-38)40(41,42)43/h8,10,12-13,18,23,27-29H,5-7,9,11,14-17,19-22H2,1-4H3,(H,45,53)(H,46,49)(H,51,52)/b10-8-/t23-,27+,28?,29+,38-,39?/m1/s1. The molecule has 1 aromatic heterocycles. The fourth-order valence-electron chi connectivity index (χ4n) is 8.77. The third-order valence-electron chi connectivity index (χ3n) is 11.6. The van der Waals surface area contributed by atoms with Crippen molar-refractivity contribution in [3.8, 4) is 11.5 Å². The van der Waals surface area contributed by atoms with E-state index >= 15 is 13.2 Å². The van der Waals surface area contributed by atoms with Gasteiger partial charge in [-0.25, -0.2) is 14.6 Å². The average molecular weight is 802 g/mol. The molecule has 7 rings (SSSR count). The average Bonchev–Trinajstić information content (AvgIpc) is 3.73. The second kappa shape index (κ2) is 15.3. The van der Waals surface area contributed by atoms with Crippen molar-refractivity contribution in [1.29, 1.82) is 0 Å². The van der Waals surface area contributed by atoms with Crippen LogP contribution in [-0.2, 0) is 30.0 Å². The van der Waals surface area contributed by atoms with E-state index in [1.807, 2.05) is 11.0 Å². The lowest BCUT2D eigenvalue weighted by Crippen LogP contribution is -2.56. The maximum absolute atomic E-state index is 15.1. The first-order valence-electron chi connectivity index (χ1n) is 19.6. The number of carboxylic acids is 1. The van der Waals surface area contributed by atoms with Crippen LogP contribution in [0.1, 0.15) is 89.4 Å². The van der Waals surface area contributed by atoms with Crippen LogP contribution in [0.25, 0.3) is 10.9 Å². The molecule has 1 aromatic carbocycles. The molecule has 57 heavy (non-hydrogen) atoms. The highest BCUT2D eigenvalue weighted by Gasteiger charge is 2.63. The second-order valence-corrected chi connectivity index (χ2v) is 16.8. The lowest BCUT2D eigenvalue weighted by Gasteiger charge is -2.45. The summed E-state index contributed by atoms with van der Waals surface area (Å²) in [5, 5.41) is 16.2. The van der Waals surface area contributed by atoms with Crippen LogP contribution < -0.4 is 20.1 Å². The van der Waals surface area contributed by atoms with E-state index in [2.05, 4.69) is 15.6 Å². The number of carboxylic acid groups (broad SMARTS) is 1. The van der Waals surface area contributed by atoms with Gasteiger partial charge in [0.05, 0.1) is 32.4 Å². The molecule has 1 saturated carbocycles. The molecule has 5 aliphatic rings. The summed E-state index contributed by atoms with van der Waals surface area (Å²) in [5.41, 5.74) is -4.95. The summed E-state index contributed by atoms with van der Waals surface area (Å²) in [6.07, 6.45) is 0.650. The van der Waals surface area contributed by atoms with Crippen molar-refractivity contribution in [2.24, 2.45) is 5.92 Å². The number of benzene rings is 1. The van der Waals surface area contributed by atoms with Crippen molar-refractivity contribution in [3.63, 3.8) is 0 Å². The Morgan fingerprint density at radius 1 is 1.05 bits per heavy atom. The SMILES string of the molecule is COc1ccc2nc(C(F)(F)F)c3c(c2c1)C(N1CCOCC1)C[C@]1(C[C@H]2C(=O)NC4(C(=O)O)C[C@H]4/C=C\CCCCC[C@H](NC(=O)OC(C)(C)C)C(=O)N2C1)O3. The molecule has 14 nitrogen and oxygen atoms in total. The Labute approximate surface area is 328 Å². The maximum Gasteiger partial charge on any atom is 0.437 e. The number of hydrogen-bond donors (Lipinski definition) is 3. The Balaban J connectivity index is 1.35. The molecule has 3 N–H and O–H groups in total. The highest BCUT2D eigenvalue weighted by molar-refractivity contribution is 5.96. The number of fused-ring (bicyclic) bond motifs is 5. The van der Waals surface area contributed by atoms with E-state index in [-0.39, 0.29) is 43.3 Å². The first-order valence-corrected chi connectivity index (χ1v) is 19.6. The zero-order chi connectivity index (χ0) is 40.9. The van der Waals surface area contributed by atoms with Crippen LogP contribution in [0, 0.1) is 5.92 Å². The predicted molar refractivity (Wildman–Crippen MR) is 199 cm³/mol. The number of allylic oxidation sites excluding steroid dienone is 1. The van der Waals surface area contributed by atoms with E-state index in [0.29, 0.717) is 56.7 Å². The minimum atomic E-state index is -4.95. The number of nitrogens with one attached hydrogen (secondary N) is 2. The second-order valence-electron chi connectivity index (χ2n) is 16.8. The highest BCUT2D eigenvalue weighted by atomic mass is 19.4. The minimum Gasteiger partial charge on any atom is -0.497 e. The van der Waals surface area contributed by atoms with E-state index in [1.165, 1.54) is 24.1 Å². The van der Waals surface area contributed by atoms with Gasteiger partial charge in [0.25, 0.3) is 0 Å². The molecular formula is C40H50F3N5O9. The highest BCUT2D eigenvalue weighted by Crippen LogP contribution is 2.54. The van der Waals surface area contributed by atoms with Crippen LogP contribution in [0.5, 0.6) is 11.5 Å². The number of aliphatic carboxylic acids is 1. The molecule has 2 saturated heterocycles. The first kappa shape index (κ1) is 40.6. The number of halogens is 3. The molecule has 2 aromatic rings. The van der Waals surface area contributed by atoms with Gasteiger partial charge < -0.3 is 39.6 Å². The molecule has 3 fully saturated rings. The molecule has 1 spiro atoms. The van der Waals surface area contributed by atoms with Gasteiger partial charge in [0.1, 0.15) is 34.6 Å². The van der Waals surface area contributed by atoms with Gasteiger partial charge in [-0.2, -0.15) is 13.2 Å². The van der Waals surface area contributed by atoms with Crippen molar-refractivity contribution < 1.29 is 56.4 Å². The van der Waals surface area contributed by atoms with E-state index in [1.54, 1.807) is 32.9 Å². The monoisotopic (exact) mass is 801 g/mol. The summed E-state index contributed by atoms with van der Waals surface area (Å²) < 4.78 is 68.5. The molecule has 6 atom stereocenters.